The monoisotopic (exact) mass is 411 g/mol. The molecular formula is C16H18BrN3O5. The molecule has 1 aliphatic rings. The van der Waals surface area contributed by atoms with Crippen LogP contribution >= 0.6 is 15.9 Å². The predicted octanol–water partition coefficient (Wildman–Crippen LogP) is 2.12. The maximum Gasteiger partial charge on any atom is 0.419 e. The van der Waals surface area contributed by atoms with Crippen molar-refractivity contribution in [1.29, 1.82) is 0 Å². The molecule has 0 saturated carbocycles. The molecule has 1 aromatic rings. The van der Waals surface area contributed by atoms with Crippen LogP contribution in [0.3, 0.4) is 0 Å². The average molecular weight is 412 g/mol. The molecule has 0 amide bonds. The molecule has 1 aromatic carbocycles. The van der Waals surface area contributed by atoms with Gasteiger partial charge in [0, 0.05) is 10.9 Å². The highest BCUT2D eigenvalue weighted by Crippen LogP contribution is 2.30. The van der Waals surface area contributed by atoms with Gasteiger partial charge >= 0.3 is 17.7 Å². The normalized spacial score (nSPS) is 19.2. The van der Waals surface area contributed by atoms with E-state index in [1.165, 1.54) is 5.06 Å². The van der Waals surface area contributed by atoms with Crippen LogP contribution in [0.2, 0.25) is 0 Å². The number of rotatable bonds is 6. The highest BCUT2D eigenvalue weighted by Gasteiger charge is 2.48. The van der Waals surface area contributed by atoms with E-state index in [0.29, 0.717) is 5.69 Å². The van der Waals surface area contributed by atoms with Gasteiger partial charge in [0.1, 0.15) is 0 Å². The summed E-state index contributed by atoms with van der Waals surface area (Å²) in [4.78, 5) is 32.9. The molecule has 2 rings (SSSR count). The summed E-state index contributed by atoms with van der Waals surface area (Å²) in [6.45, 7) is 3.68. The van der Waals surface area contributed by atoms with Gasteiger partial charge in [-0.25, -0.2) is 14.7 Å². The summed E-state index contributed by atoms with van der Waals surface area (Å²) in [6, 6.07) is 6.30. The van der Waals surface area contributed by atoms with Gasteiger partial charge in [-0.2, -0.15) is 4.79 Å². The first-order valence-electron chi connectivity index (χ1n) is 7.79. The second-order valence-corrected chi connectivity index (χ2v) is 6.02. The third-order valence-corrected chi connectivity index (χ3v) is 4.03. The third-order valence-electron chi connectivity index (χ3n) is 3.50. The molecule has 0 aromatic heterocycles. The van der Waals surface area contributed by atoms with E-state index in [2.05, 4.69) is 20.7 Å². The van der Waals surface area contributed by atoms with Crippen LogP contribution in [-0.4, -0.2) is 47.8 Å². The molecule has 1 saturated heterocycles. The number of halogens is 1. The minimum absolute atomic E-state index is 0.0904. The number of carbonyl (C=O) groups excluding carboxylic acids is 2. The van der Waals surface area contributed by atoms with Crippen LogP contribution in [0.1, 0.15) is 20.3 Å². The van der Waals surface area contributed by atoms with E-state index in [1.807, 2.05) is 0 Å². The van der Waals surface area contributed by atoms with E-state index in [9.17, 15) is 15.1 Å². The molecule has 1 fully saturated rings. The Bertz CT molecular complexity index is 688. The van der Waals surface area contributed by atoms with E-state index in [0.717, 1.165) is 4.47 Å². The van der Waals surface area contributed by atoms with E-state index in [-0.39, 0.29) is 25.3 Å². The minimum Gasteiger partial charge on any atom is -0.464 e. The highest BCUT2D eigenvalue weighted by molar-refractivity contribution is 9.10. The van der Waals surface area contributed by atoms with Crippen molar-refractivity contribution in [2.45, 2.75) is 32.4 Å². The Balaban J connectivity index is 2.29. The Morgan fingerprint density at radius 2 is 1.92 bits per heavy atom. The fourth-order valence-electron chi connectivity index (χ4n) is 2.41. The van der Waals surface area contributed by atoms with Gasteiger partial charge in [0.25, 0.3) is 0 Å². The number of hydrogen-bond donors (Lipinski definition) is 0. The van der Waals surface area contributed by atoms with Crippen LogP contribution in [0.5, 0.6) is 0 Å². The first-order valence-corrected chi connectivity index (χ1v) is 8.58. The van der Waals surface area contributed by atoms with Crippen LogP contribution < -0.4 is 5.06 Å². The Morgan fingerprint density at radius 1 is 1.28 bits per heavy atom. The molecular weight excluding hydrogens is 394 g/mol. The summed E-state index contributed by atoms with van der Waals surface area (Å²) in [5, 5.41) is 1.36. The van der Waals surface area contributed by atoms with Gasteiger partial charge in [-0.3, -0.25) is 4.84 Å². The van der Waals surface area contributed by atoms with Crippen LogP contribution in [0.25, 0.3) is 5.53 Å². The van der Waals surface area contributed by atoms with E-state index < -0.39 is 24.1 Å². The second-order valence-electron chi connectivity index (χ2n) is 5.11. The fraction of sp³-hybridized carbons (Fsp3) is 0.438. The van der Waals surface area contributed by atoms with Crippen molar-refractivity contribution in [3.63, 3.8) is 0 Å². The van der Waals surface area contributed by atoms with Crippen LogP contribution in [-0.2, 0) is 23.9 Å². The van der Waals surface area contributed by atoms with Crippen LogP contribution in [0, 0.1) is 0 Å². The van der Waals surface area contributed by atoms with Crippen LogP contribution in [0.4, 0.5) is 5.69 Å². The molecule has 8 nitrogen and oxygen atoms in total. The molecule has 0 radical (unpaired) electrons. The molecule has 1 heterocycles. The lowest BCUT2D eigenvalue weighted by molar-refractivity contribution is -0.145. The Morgan fingerprint density at radius 3 is 2.48 bits per heavy atom. The van der Waals surface area contributed by atoms with Gasteiger partial charge in [-0.05, 0) is 38.1 Å². The van der Waals surface area contributed by atoms with Gasteiger partial charge in [-0.1, -0.05) is 15.9 Å². The Hall–Kier alpha value is -2.22. The van der Waals surface area contributed by atoms with Crippen molar-refractivity contribution >= 4 is 39.3 Å². The highest BCUT2D eigenvalue weighted by atomic mass is 79.9. The van der Waals surface area contributed by atoms with Crippen molar-refractivity contribution in [2.24, 2.45) is 0 Å². The number of benzene rings is 1. The molecule has 25 heavy (non-hydrogen) atoms. The number of hydroxylamine groups is 1. The fourth-order valence-corrected chi connectivity index (χ4v) is 2.68. The molecule has 0 bridgehead atoms. The van der Waals surface area contributed by atoms with Crippen molar-refractivity contribution < 1.29 is 28.7 Å². The van der Waals surface area contributed by atoms with E-state index >= 15 is 0 Å². The summed E-state index contributed by atoms with van der Waals surface area (Å²) < 4.78 is 10.8. The summed E-state index contributed by atoms with van der Waals surface area (Å²) >= 11 is 3.34. The summed E-state index contributed by atoms with van der Waals surface area (Å²) in [7, 11) is 0. The van der Waals surface area contributed by atoms with Gasteiger partial charge in [0.2, 0.25) is 0 Å². The smallest absolute Gasteiger partial charge is 0.419 e. The molecule has 0 N–H and O–H groups in total. The van der Waals surface area contributed by atoms with Gasteiger partial charge < -0.3 is 15.0 Å². The van der Waals surface area contributed by atoms with E-state index in [4.69, 9.17) is 14.3 Å². The van der Waals surface area contributed by atoms with Crippen molar-refractivity contribution in [3.05, 3.63) is 34.3 Å². The standard InChI is InChI=1S/C16H18BrN3O5/c1-3-23-15(21)12-9-13(14(19-18)16(22)24-4-2)25-20(12)11-7-5-10(17)6-8-11/h5-8,12-13H,3-4,9H2,1-2H3/t12-,13+/m0/s1. The molecule has 0 unspecified atom stereocenters. The Labute approximate surface area is 153 Å². The number of hydrogen-bond acceptors (Lipinski definition) is 6. The SMILES string of the molecule is CCOC(=O)C(=[N+]=[N-])[C@H]1C[C@@H](C(=O)OCC)N(c2ccc(Br)cc2)O1. The molecule has 2 atom stereocenters. The Kier molecular flexibility index (Phi) is 6.69. The first kappa shape index (κ1) is 19.1. The zero-order chi connectivity index (χ0) is 18.4. The maximum absolute atomic E-state index is 12.3. The lowest BCUT2D eigenvalue weighted by Gasteiger charge is -2.23. The van der Waals surface area contributed by atoms with Gasteiger partial charge in [0.15, 0.2) is 12.1 Å². The molecule has 0 aliphatic carbocycles. The van der Waals surface area contributed by atoms with Crippen molar-refractivity contribution in [1.82, 2.24) is 0 Å². The summed E-state index contributed by atoms with van der Waals surface area (Å²) in [6.07, 6.45) is -0.838. The third kappa shape index (κ3) is 4.45. The second kappa shape index (κ2) is 8.75. The predicted molar refractivity (Wildman–Crippen MR) is 91.8 cm³/mol. The number of esters is 2. The number of carbonyl (C=O) groups is 2. The minimum atomic E-state index is -0.929. The molecule has 0 spiro atoms. The topological polar surface area (TPSA) is 101 Å². The average Bonchev–Trinajstić information content (AvgIpc) is 3.02. The number of ether oxygens (including phenoxy) is 2. The summed E-state index contributed by atoms with van der Waals surface area (Å²) in [5.74, 6) is -1.29. The summed E-state index contributed by atoms with van der Waals surface area (Å²) in [5.41, 5.74) is 9.48. The largest absolute Gasteiger partial charge is 0.464 e. The zero-order valence-corrected chi connectivity index (χ0v) is 15.4. The zero-order valence-electron chi connectivity index (χ0n) is 13.8. The van der Waals surface area contributed by atoms with Crippen molar-refractivity contribution in [2.75, 3.05) is 18.3 Å². The number of nitrogens with zero attached hydrogens (tertiary/aromatic N) is 3. The lowest BCUT2D eigenvalue weighted by atomic mass is 10.1. The van der Waals surface area contributed by atoms with Gasteiger partial charge in [-0.15, -0.1) is 0 Å². The molecule has 134 valence electrons. The van der Waals surface area contributed by atoms with E-state index in [1.54, 1.807) is 38.1 Å². The first-order chi connectivity index (χ1) is 12.0. The quantitative estimate of drug-likeness (QED) is 0.307. The van der Waals surface area contributed by atoms with Crippen LogP contribution in [0.15, 0.2) is 28.7 Å². The number of anilines is 1. The maximum atomic E-state index is 12.3. The molecule has 9 heteroatoms. The molecule has 1 aliphatic heterocycles. The lowest BCUT2D eigenvalue weighted by Crippen LogP contribution is -2.36. The van der Waals surface area contributed by atoms with Crippen molar-refractivity contribution in [3.8, 4) is 0 Å². The van der Waals surface area contributed by atoms with Gasteiger partial charge in [0.05, 0.1) is 18.9 Å².